The van der Waals surface area contributed by atoms with Gasteiger partial charge in [-0.05, 0) is 61.6 Å². The molecule has 1 heterocycles. The van der Waals surface area contributed by atoms with Crippen molar-refractivity contribution in [3.05, 3.63) is 63.6 Å². The van der Waals surface area contributed by atoms with Crippen molar-refractivity contribution in [3.8, 4) is 0 Å². The van der Waals surface area contributed by atoms with Crippen LogP contribution in [-0.2, 0) is 20.3 Å². The van der Waals surface area contributed by atoms with Gasteiger partial charge in [-0.25, -0.2) is 8.42 Å². The first-order chi connectivity index (χ1) is 14.3. The summed E-state index contributed by atoms with van der Waals surface area (Å²) in [4.78, 5) is 13.3. The van der Waals surface area contributed by atoms with Crippen LogP contribution in [0.4, 0.5) is 0 Å². The molecule has 0 atom stereocenters. The quantitative estimate of drug-likeness (QED) is 0.691. The third-order valence-electron chi connectivity index (χ3n) is 5.98. The van der Waals surface area contributed by atoms with Crippen LogP contribution in [0.3, 0.4) is 0 Å². The normalized spacial score (nSPS) is 19.1. The highest BCUT2D eigenvalue weighted by molar-refractivity contribution is 9.10. The summed E-state index contributed by atoms with van der Waals surface area (Å²) in [5.41, 5.74) is 1.64. The van der Waals surface area contributed by atoms with Gasteiger partial charge in [-0.3, -0.25) is 4.79 Å². The molecule has 0 spiro atoms. The van der Waals surface area contributed by atoms with Gasteiger partial charge in [-0.2, -0.15) is 4.31 Å². The molecule has 1 saturated carbocycles. The molecule has 2 aliphatic rings. The number of nitrogens with zero attached hydrogens (tertiary/aromatic N) is 1. The van der Waals surface area contributed by atoms with Crippen molar-refractivity contribution >= 4 is 31.9 Å². The van der Waals surface area contributed by atoms with Crippen molar-refractivity contribution < 1.29 is 17.9 Å². The smallest absolute Gasteiger partial charge is 0.252 e. The standard InChI is InChI=1S/C22H25BrN2O4S/c1-16-6-7-17(14-20(16)30(27,28)25-10-12-29-13-11-25)21(26)24-22(8-3-9-22)18-4-2-5-19(23)15-18/h2,4-7,14-15H,3,8-13H2,1H3,(H,24,26). The zero-order valence-corrected chi connectivity index (χ0v) is 19.3. The topological polar surface area (TPSA) is 75.7 Å². The predicted octanol–water partition coefficient (Wildman–Crippen LogP) is 3.59. The Labute approximate surface area is 185 Å². The third kappa shape index (κ3) is 4.06. The average molecular weight is 493 g/mol. The molecule has 0 radical (unpaired) electrons. The largest absolute Gasteiger partial charge is 0.379 e. The maximum Gasteiger partial charge on any atom is 0.252 e. The van der Waals surface area contributed by atoms with E-state index in [0.29, 0.717) is 37.4 Å². The second-order valence-electron chi connectivity index (χ2n) is 7.90. The lowest BCUT2D eigenvalue weighted by Crippen LogP contribution is -2.50. The number of nitrogens with one attached hydrogen (secondary N) is 1. The number of hydrogen-bond acceptors (Lipinski definition) is 4. The number of ether oxygens (including phenoxy) is 1. The number of rotatable bonds is 5. The number of aryl methyl sites for hydroxylation is 1. The average Bonchev–Trinajstić information content (AvgIpc) is 2.71. The Hall–Kier alpha value is -1.74. The van der Waals surface area contributed by atoms with E-state index < -0.39 is 15.6 Å². The zero-order chi connectivity index (χ0) is 21.4. The van der Waals surface area contributed by atoms with Gasteiger partial charge >= 0.3 is 0 Å². The molecule has 1 aliphatic carbocycles. The van der Waals surface area contributed by atoms with Crippen molar-refractivity contribution in [2.24, 2.45) is 0 Å². The van der Waals surface area contributed by atoms with E-state index >= 15 is 0 Å². The summed E-state index contributed by atoms with van der Waals surface area (Å²) in [5.74, 6) is -0.256. The Morgan fingerprint density at radius 1 is 1.13 bits per heavy atom. The first-order valence-electron chi connectivity index (χ1n) is 10.1. The van der Waals surface area contributed by atoms with E-state index in [1.807, 2.05) is 24.3 Å². The van der Waals surface area contributed by atoms with Gasteiger partial charge in [-0.1, -0.05) is 34.1 Å². The summed E-state index contributed by atoms with van der Waals surface area (Å²) in [6.07, 6.45) is 2.76. The molecule has 2 aromatic rings. The number of amides is 1. The summed E-state index contributed by atoms with van der Waals surface area (Å²) < 4.78 is 33.9. The summed E-state index contributed by atoms with van der Waals surface area (Å²) >= 11 is 3.50. The van der Waals surface area contributed by atoms with Gasteiger partial charge < -0.3 is 10.1 Å². The van der Waals surface area contributed by atoms with Gasteiger partial charge in [0.25, 0.3) is 5.91 Å². The molecule has 1 N–H and O–H groups in total. The molecular formula is C22H25BrN2O4S. The molecule has 8 heteroatoms. The molecule has 1 amide bonds. The Morgan fingerprint density at radius 2 is 1.87 bits per heavy atom. The zero-order valence-electron chi connectivity index (χ0n) is 16.9. The highest BCUT2D eigenvalue weighted by atomic mass is 79.9. The molecule has 0 aromatic heterocycles. The minimum Gasteiger partial charge on any atom is -0.379 e. The Kier molecular flexibility index (Phi) is 6.03. The van der Waals surface area contributed by atoms with E-state index in [9.17, 15) is 13.2 Å². The minimum atomic E-state index is -3.67. The number of hydrogen-bond donors (Lipinski definition) is 1. The predicted molar refractivity (Wildman–Crippen MR) is 118 cm³/mol. The Bertz CT molecular complexity index is 1060. The van der Waals surface area contributed by atoms with Crippen molar-refractivity contribution in [3.63, 3.8) is 0 Å². The van der Waals surface area contributed by atoms with Crippen molar-refractivity contribution in [1.82, 2.24) is 9.62 Å². The molecule has 1 aliphatic heterocycles. The molecule has 0 bridgehead atoms. The fourth-order valence-corrected chi connectivity index (χ4v) is 6.10. The van der Waals surface area contributed by atoms with Crippen LogP contribution in [0.15, 0.2) is 51.8 Å². The van der Waals surface area contributed by atoms with Crippen LogP contribution in [0.25, 0.3) is 0 Å². The number of morpholine rings is 1. The first-order valence-corrected chi connectivity index (χ1v) is 12.3. The minimum absolute atomic E-state index is 0.183. The second kappa shape index (κ2) is 8.42. The lowest BCUT2D eigenvalue weighted by Gasteiger charge is -2.43. The highest BCUT2D eigenvalue weighted by Gasteiger charge is 2.40. The van der Waals surface area contributed by atoms with Crippen LogP contribution in [0, 0.1) is 6.92 Å². The first kappa shape index (κ1) is 21.5. The van der Waals surface area contributed by atoms with Crippen molar-refractivity contribution in [1.29, 1.82) is 0 Å². The van der Waals surface area contributed by atoms with E-state index in [1.54, 1.807) is 19.1 Å². The maximum atomic E-state index is 13.1. The molecule has 0 unspecified atom stereocenters. The van der Waals surface area contributed by atoms with E-state index in [0.717, 1.165) is 29.3 Å². The van der Waals surface area contributed by atoms with E-state index in [-0.39, 0.29) is 10.8 Å². The van der Waals surface area contributed by atoms with Crippen molar-refractivity contribution in [2.45, 2.75) is 36.6 Å². The van der Waals surface area contributed by atoms with Gasteiger partial charge in [-0.15, -0.1) is 0 Å². The van der Waals surface area contributed by atoms with Crippen LogP contribution >= 0.6 is 15.9 Å². The summed E-state index contributed by atoms with van der Waals surface area (Å²) in [6.45, 7) is 3.17. The van der Waals surface area contributed by atoms with Gasteiger partial charge in [0.15, 0.2) is 0 Å². The van der Waals surface area contributed by atoms with Crippen LogP contribution in [0.5, 0.6) is 0 Å². The van der Waals surface area contributed by atoms with E-state index in [4.69, 9.17) is 4.74 Å². The molecule has 6 nitrogen and oxygen atoms in total. The fourth-order valence-electron chi connectivity index (χ4n) is 4.04. The van der Waals surface area contributed by atoms with Gasteiger partial charge in [0.2, 0.25) is 10.0 Å². The number of benzene rings is 2. The van der Waals surface area contributed by atoms with E-state index in [1.165, 1.54) is 10.4 Å². The lowest BCUT2D eigenvalue weighted by atomic mass is 9.71. The lowest BCUT2D eigenvalue weighted by molar-refractivity contribution is 0.0730. The summed E-state index contributed by atoms with van der Waals surface area (Å²) in [6, 6.07) is 12.9. The fraction of sp³-hybridized carbons (Fsp3) is 0.409. The van der Waals surface area contributed by atoms with Crippen LogP contribution in [0.2, 0.25) is 0 Å². The van der Waals surface area contributed by atoms with E-state index in [2.05, 4.69) is 21.2 Å². The Balaban J connectivity index is 1.61. The molecule has 160 valence electrons. The third-order valence-corrected chi connectivity index (χ3v) is 8.51. The molecule has 1 saturated heterocycles. The molecule has 4 rings (SSSR count). The summed E-state index contributed by atoms with van der Waals surface area (Å²) in [5, 5.41) is 3.18. The molecule has 2 fully saturated rings. The van der Waals surface area contributed by atoms with Crippen molar-refractivity contribution in [2.75, 3.05) is 26.3 Å². The SMILES string of the molecule is Cc1ccc(C(=O)NC2(c3cccc(Br)c3)CCC2)cc1S(=O)(=O)N1CCOCC1. The van der Waals surface area contributed by atoms with Gasteiger partial charge in [0, 0.05) is 23.1 Å². The molecule has 2 aromatic carbocycles. The number of sulfonamides is 1. The highest BCUT2D eigenvalue weighted by Crippen LogP contribution is 2.42. The number of halogens is 1. The second-order valence-corrected chi connectivity index (χ2v) is 10.7. The Morgan fingerprint density at radius 3 is 2.50 bits per heavy atom. The number of carbonyl (C=O) groups excluding carboxylic acids is 1. The maximum absolute atomic E-state index is 13.1. The van der Waals surface area contributed by atoms with Gasteiger partial charge in [0.1, 0.15) is 0 Å². The number of carbonyl (C=O) groups is 1. The molecular weight excluding hydrogens is 468 g/mol. The van der Waals surface area contributed by atoms with Crippen LogP contribution in [0.1, 0.15) is 40.7 Å². The monoisotopic (exact) mass is 492 g/mol. The van der Waals surface area contributed by atoms with Crippen LogP contribution < -0.4 is 5.32 Å². The summed E-state index contributed by atoms with van der Waals surface area (Å²) in [7, 11) is -3.67. The van der Waals surface area contributed by atoms with Gasteiger partial charge in [0.05, 0.1) is 23.6 Å². The molecule has 30 heavy (non-hydrogen) atoms. The van der Waals surface area contributed by atoms with Crippen LogP contribution in [-0.4, -0.2) is 44.9 Å².